The minimum absolute atomic E-state index is 0.0417. The third-order valence-electron chi connectivity index (χ3n) is 5.15. The molecule has 0 spiro atoms. The van der Waals surface area contributed by atoms with E-state index in [0.717, 1.165) is 23.3 Å². The van der Waals surface area contributed by atoms with Gasteiger partial charge in [0.25, 0.3) is 0 Å². The Balaban J connectivity index is 2.01. The molecular weight excluding hydrogens is 376 g/mol. The Hall–Kier alpha value is -2.82. The molecule has 2 aromatic rings. The Morgan fingerprint density at radius 2 is 1.80 bits per heavy atom. The average Bonchev–Trinajstić information content (AvgIpc) is 2.75. The summed E-state index contributed by atoms with van der Waals surface area (Å²) in [7, 11) is 0. The number of hydrogen-bond acceptors (Lipinski definition) is 3. The van der Waals surface area contributed by atoms with Gasteiger partial charge in [-0.25, -0.2) is 0 Å². The number of carbonyl (C=O) groups excluding carboxylic acids is 2. The average molecular weight is 411 g/mol. The first-order chi connectivity index (χ1) is 14.4. The zero-order valence-electron chi connectivity index (χ0n) is 18.6. The van der Waals surface area contributed by atoms with Crippen LogP contribution in [-0.4, -0.2) is 35.4 Å². The number of aryl methyl sites for hydroxylation is 1. The molecule has 0 unspecified atom stereocenters. The van der Waals surface area contributed by atoms with Gasteiger partial charge in [-0.05, 0) is 51.3 Å². The molecule has 162 valence electrons. The van der Waals surface area contributed by atoms with E-state index in [9.17, 15) is 9.59 Å². The second-order valence-corrected chi connectivity index (χ2v) is 7.77. The van der Waals surface area contributed by atoms with Crippen molar-refractivity contribution in [3.63, 3.8) is 0 Å². The molecule has 0 aliphatic carbocycles. The molecular formula is C25H34N2O3. The smallest absolute Gasteiger partial charge is 0.242 e. The fraction of sp³-hybridized carbons (Fsp3) is 0.440. The number of ether oxygens (including phenoxy) is 1. The molecule has 0 aromatic heterocycles. The maximum Gasteiger partial charge on any atom is 0.242 e. The third-order valence-corrected chi connectivity index (χ3v) is 5.15. The maximum absolute atomic E-state index is 13.0. The predicted molar refractivity (Wildman–Crippen MR) is 120 cm³/mol. The van der Waals surface area contributed by atoms with Crippen molar-refractivity contribution in [1.29, 1.82) is 0 Å². The summed E-state index contributed by atoms with van der Waals surface area (Å²) in [6, 6.07) is 17.1. The zero-order valence-corrected chi connectivity index (χ0v) is 18.6. The van der Waals surface area contributed by atoms with Gasteiger partial charge in [-0.1, -0.05) is 55.0 Å². The summed E-state index contributed by atoms with van der Waals surface area (Å²) in [4.78, 5) is 27.4. The highest BCUT2D eigenvalue weighted by molar-refractivity contribution is 5.87. The summed E-state index contributed by atoms with van der Waals surface area (Å²) in [5.74, 6) is 0.633. The Labute approximate surface area is 180 Å². The summed E-state index contributed by atoms with van der Waals surface area (Å²) in [5, 5.41) is 2.99. The zero-order chi connectivity index (χ0) is 21.9. The third kappa shape index (κ3) is 7.54. The molecule has 2 rings (SSSR count). The molecule has 0 saturated carbocycles. The molecule has 2 atom stereocenters. The van der Waals surface area contributed by atoms with E-state index in [1.165, 1.54) is 0 Å². The highest BCUT2D eigenvalue weighted by Gasteiger charge is 2.26. The molecule has 0 saturated heterocycles. The normalized spacial score (nSPS) is 12.7. The van der Waals surface area contributed by atoms with Crippen LogP contribution in [-0.2, 0) is 16.1 Å². The van der Waals surface area contributed by atoms with Gasteiger partial charge in [0.05, 0.1) is 6.61 Å². The van der Waals surface area contributed by atoms with Crippen molar-refractivity contribution in [3.8, 4) is 5.75 Å². The van der Waals surface area contributed by atoms with Crippen LogP contribution in [0.3, 0.4) is 0 Å². The number of benzene rings is 2. The van der Waals surface area contributed by atoms with E-state index in [2.05, 4.69) is 11.4 Å². The van der Waals surface area contributed by atoms with Gasteiger partial charge in [0, 0.05) is 19.0 Å². The molecule has 0 aliphatic rings. The van der Waals surface area contributed by atoms with Crippen molar-refractivity contribution in [1.82, 2.24) is 10.2 Å². The van der Waals surface area contributed by atoms with Gasteiger partial charge in [0.2, 0.25) is 11.8 Å². The lowest BCUT2D eigenvalue weighted by molar-refractivity contribution is -0.141. The monoisotopic (exact) mass is 410 g/mol. The van der Waals surface area contributed by atoms with E-state index in [-0.39, 0.29) is 17.9 Å². The minimum atomic E-state index is -0.540. The molecule has 2 aromatic carbocycles. The summed E-state index contributed by atoms with van der Waals surface area (Å²) in [6.07, 6.45) is 1.78. The summed E-state index contributed by atoms with van der Waals surface area (Å²) in [5.41, 5.74) is 2.15. The lowest BCUT2D eigenvalue weighted by Crippen LogP contribution is -2.49. The molecule has 0 heterocycles. The number of carbonyl (C=O) groups is 2. The summed E-state index contributed by atoms with van der Waals surface area (Å²) in [6.45, 7) is 8.69. The van der Waals surface area contributed by atoms with Crippen molar-refractivity contribution in [2.75, 3.05) is 6.61 Å². The second-order valence-electron chi connectivity index (χ2n) is 7.77. The molecule has 0 radical (unpaired) electrons. The first-order valence-corrected chi connectivity index (χ1v) is 10.7. The van der Waals surface area contributed by atoms with Crippen LogP contribution >= 0.6 is 0 Å². The van der Waals surface area contributed by atoms with Gasteiger partial charge in [-0.2, -0.15) is 0 Å². The van der Waals surface area contributed by atoms with Crippen LogP contribution in [0.25, 0.3) is 0 Å². The van der Waals surface area contributed by atoms with E-state index in [0.29, 0.717) is 26.0 Å². The molecule has 2 amide bonds. The van der Waals surface area contributed by atoms with Crippen LogP contribution in [0.5, 0.6) is 5.75 Å². The fourth-order valence-corrected chi connectivity index (χ4v) is 3.13. The molecule has 5 heteroatoms. The minimum Gasteiger partial charge on any atom is -0.494 e. The van der Waals surface area contributed by atoms with E-state index in [1.807, 2.05) is 69.3 Å². The quantitative estimate of drug-likeness (QED) is 0.556. The highest BCUT2D eigenvalue weighted by Crippen LogP contribution is 2.14. The van der Waals surface area contributed by atoms with Crippen LogP contribution in [0.4, 0.5) is 0 Å². The van der Waals surface area contributed by atoms with Gasteiger partial charge >= 0.3 is 0 Å². The predicted octanol–water partition coefficient (Wildman–Crippen LogP) is 4.49. The molecule has 1 N–H and O–H groups in total. The van der Waals surface area contributed by atoms with Gasteiger partial charge < -0.3 is 15.0 Å². The highest BCUT2D eigenvalue weighted by atomic mass is 16.5. The number of para-hydroxylation sites is 1. The first-order valence-electron chi connectivity index (χ1n) is 10.7. The number of rotatable bonds is 11. The first kappa shape index (κ1) is 23.5. The maximum atomic E-state index is 13.0. The van der Waals surface area contributed by atoms with Crippen molar-refractivity contribution in [3.05, 3.63) is 65.7 Å². The molecule has 0 aliphatic heterocycles. The van der Waals surface area contributed by atoms with Gasteiger partial charge in [0.1, 0.15) is 11.8 Å². The Morgan fingerprint density at radius 1 is 1.07 bits per heavy atom. The largest absolute Gasteiger partial charge is 0.494 e. The SMILES string of the molecule is CC[C@H](C)NC(=O)[C@@H](C)N(Cc1cccc(C)c1)C(=O)CCCOc1ccccc1. The standard InChI is InChI=1S/C25H34N2O3/c1-5-20(3)26-25(29)21(4)27(18-22-12-9-11-19(2)17-22)24(28)15-10-16-30-23-13-7-6-8-14-23/h6-9,11-14,17,20-21H,5,10,15-16,18H2,1-4H3,(H,26,29)/t20-,21+/m0/s1. The number of nitrogens with one attached hydrogen (secondary N) is 1. The molecule has 5 nitrogen and oxygen atoms in total. The molecule has 0 bridgehead atoms. The lowest BCUT2D eigenvalue weighted by atomic mass is 10.1. The second kappa shape index (κ2) is 12.0. The fourth-order valence-electron chi connectivity index (χ4n) is 3.13. The van der Waals surface area contributed by atoms with Crippen LogP contribution in [0, 0.1) is 6.92 Å². The van der Waals surface area contributed by atoms with Gasteiger partial charge in [-0.3, -0.25) is 9.59 Å². The number of amides is 2. The molecule has 30 heavy (non-hydrogen) atoms. The van der Waals surface area contributed by atoms with Crippen LogP contribution in [0.15, 0.2) is 54.6 Å². The lowest BCUT2D eigenvalue weighted by Gasteiger charge is -2.30. The van der Waals surface area contributed by atoms with Crippen molar-refractivity contribution >= 4 is 11.8 Å². The van der Waals surface area contributed by atoms with Crippen molar-refractivity contribution in [2.24, 2.45) is 0 Å². The van der Waals surface area contributed by atoms with E-state index in [1.54, 1.807) is 11.8 Å². The van der Waals surface area contributed by atoms with Crippen LogP contribution in [0.2, 0.25) is 0 Å². The Morgan fingerprint density at radius 3 is 2.47 bits per heavy atom. The summed E-state index contributed by atoms with van der Waals surface area (Å²) >= 11 is 0. The van der Waals surface area contributed by atoms with Crippen molar-refractivity contribution < 1.29 is 14.3 Å². The number of hydrogen-bond donors (Lipinski definition) is 1. The van der Waals surface area contributed by atoms with E-state index < -0.39 is 6.04 Å². The topological polar surface area (TPSA) is 58.6 Å². The van der Waals surface area contributed by atoms with Gasteiger partial charge in [0.15, 0.2) is 0 Å². The Kier molecular flexibility index (Phi) is 9.39. The van der Waals surface area contributed by atoms with Crippen LogP contribution in [0.1, 0.15) is 51.2 Å². The molecule has 0 fully saturated rings. The summed E-state index contributed by atoms with van der Waals surface area (Å²) < 4.78 is 5.70. The van der Waals surface area contributed by atoms with E-state index in [4.69, 9.17) is 4.74 Å². The Bertz CT molecular complexity index is 807. The number of nitrogens with zero attached hydrogens (tertiary/aromatic N) is 1. The van der Waals surface area contributed by atoms with Crippen molar-refractivity contribution in [2.45, 2.75) is 65.6 Å². The van der Waals surface area contributed by atoms with Crippen LogP contribution < -0.4 is 10.1 Å². The van der Waals surface area contributed by atoms with E-state index >= 15 is 0 Å². The van der Waals surface area contributed by atoms with Gasteiger partial charge in [-0.15, -0.1) is 0 Å².